The van der Waals surface area contributed by atoms with Crippen molar-refractivity contribution in [3.63, 3.8) is 0 Å². The van der Waals surface area contributed by atoms with Gasteiger partial charge in [0, 0.05) is 24.0 Å². The number of hydrogen-bond donors (Lipinski definition) is 5. The molecule has 0 aromatic heterocycles. The Bertz CT molecular complexity index is 878. The molecule has 26 heavy (non-hydrogen) atoms. The van der Waals surface area contributed by atoms with Crippen LogP contribution in [0.25, 0.3) is 0 Å². The maximum atomic E-state index is 12.3. The zero-order valence-electron chi connectivity index (χ0n) is 13.9. The Labute approximate surface area is 149 Å². The van der Waals surface area contributed by atoms with Gasteiger partial charge in [-0.05, 0) is 36.4 Å². The lowest BCUT2D eigenvalue weighted by molar-refractivity contribution is -0.114. The van der Waals surface area contributed by atoms with Gasteiger partial charge in [-0.25, -0.2) is 4.79 Å². The number of nitrogen functional groups attached to an aromatic ring is 1. The molecule has 0 heterocycles. The highest BCUT2D eigenvalue weighted by atomic mass is 16.2. The molecular weight excluding hydrogens is 336 g/mol. The Morgan fingerprint density at radius 2 is 1.54 bits per heavy atom. The average Bonchev–Trinajstić information content (AvgIpc) is 2.54. The molecule has 3 amide bonds. The van der Waals surface area contributed by atoms with Gasteiger partial charge in [0.05, 0.1) is 5.69 Å². The third-order valence-corrected chi connectivity index (χ3v) is 3.12. The largest absolute Gasteiger partial charge is 0.399 e. The fraction of sp³-hybridized carbons (Fsp3) is 0.0588. The SMILES string of the molecule is CC(=O)/C(=N/Nc1cccc(NC(N)=O)c1)C(=O)Nc1cccc(N)c1. The minimum atomic E-state index is -0.711. The lowest BCUT2D eigenvalue weighted by Crippen LogP contribution is -2.29. The number of benzene rings is 2. The van der Waals surface area contributed by atoms with Gasteiger partial charge < -0.3 is 22.1 Å². The molecule has 9 nitrogen and oxygen atoms in total. The molecule has 2 rings (SSSR count). The number of nitrogens with zero attached hydrogens (tertiary/aromatic N) is 1. The van der Waals surface area contributed by atoms with Crippen molar-refractivity contribution >= 4 is 46.2 Å². The molecule has 0 fully saturated rings. The number of ketones is 1. The fourth-order valence-corrected chi connectivity index (χ4v) is 2.03. The molecule has 0 unspecified atom stereocenters. The van der Waals surface area contributed by atoms with Crippen LogP contribution in [0.4, 0.5) is 27.5 Å². The zero-order chi connectivity index (χ0) is 19.1. The highest BCUT2D eigenvalue weighted by Crippen LogP contribution is 2.15. The van der Waals surface area contributed by atoms with Gasteiger partial charge in [-0.3, -0.25) is 15.0 Å². The number of anilines is 4. The van der Waals surface area contributed by atoms with E-state index in [1.807, 2.05) is 0 Å². The van der Waals surface area contributed by atoms with Crippen LogP contribution in [0.15, 0.2) is 53.6 Å². The van der Waals surface area contributed by atoms with Gasteiger partial charge in [-0.15, -0.1) is 0 Å². The summed E-state index contributed by atoms with van der Waals surface area (Å²) in [6.45, 7) is 1.23. The van der Waals surface area contributed by atoms with Crippen LogP contribution in [0, 0.1) is 0 Å². The van der Waals surface area contributed by atoms with E-state index in [9.17, 15) is 14.4 Å². The lowest BCUT2D eigenvalue weighted by Gasteiger charge is -2.08. The molecule has 0 aliphatic rings. The second-order valence-corrected chi connectivity index (χ2v) is 5.28. The van der Waals surface area contributed by atoms with Gasteiger partial charge in [0.1, 0.15) is 0 Å². The molecule has 0 aliphatic heterocycles. The maximum absolute atomic E-state index is 12.3. The van der Waals surface area contributed by atoms with Crippen LogP contribution in [0.5, 0.6) is 0 Å². The number of carbonyl (C=O) groups is 3. The minimum absolute atomic E-state index is 0.319. The highest BCUT2D eigenvalue weighted by Gasteiger charge is 2.17. The zero-order valence-corrected chi connectivity index (χ0v) is 13.9. The number of amides is 3. The smallest absolute Gasteiger partial charge is 0.316 e. The second kappa shape index (κ2) is 8.29. The van der Waals surface area contributed by atoms with Crippen molar-refractivity contribution in [2.45, 2.75) is 6.92 Å². The third kappa shape index (κ3) is 5.34. The third-order valence-electron chi connectivity index (χ3n) is 3.12. The Kier molecular flexibility index (Phi) is 5.88. The number of primary amides is 1. The molecule has 0 bridgehead atoms. The molecule has 0 radical (unpaired) electrons. The number of Topliss-reactive ketones (excluding diaryl/α,β-unsaturated/α-hetero) is 1. The van der Waals surface area contributed by atoms with E-state index in [-0.39, 0.29) is 5.71 Å². The minimum Gasteiger partial charge on any atom is -0.399 e. The van der Waals surface area contributed by atoms with Gasteiger partial charge in [-0.1, -0.05) is 12.1 Å². The van der Waals surface area contributed by atoms with Crippen LogP contribution in [-0.2, 0) is 9.59 Å². The van der Waals surface area contributed by atoms with Crippen molar-refractivity contribution in [2.75, 3.05) is 21.8 Å². The normalized spacial score (nSPS) is 10.7. The van der Waals surface area contributed by atoms with E-state index >= 15 is 0 Å². The predicted molar refractivity (Wildman–Crippen MR) is 101 cm³/mol. The Morgan fingerprint density at radius 1 is 0.923 bits per heavy atom. The van der Waals surface area contributed by atoms with Gasteiger partial charge in [0.25, 0.3) is 5.91 Å². The standard InChI is InChI=1S/C17H18N6O3/c1-10(24)15(16(25)20-12-5-2-4-11(18)8-12)23-22-14-7-3-6-13(9-14)21-17(19)26/h2-9,22H,18H2,1H3,(H,20,25)(H3,19,21,26)/b23-15-. The number of carbonyl (C=O) groups excluding carboxylic acids is 3. The van der Waals surface area contributed by atoms with Crippen molar-refractivity contribution in [2.24, 2.45) is 10.8 Å². The first kappa shape index (κ1) is 18.5. The summed E-state index contributed by atoms with van der Waals surface area (Å²) in [6, 6.07) is 12.3. The molecule has 134 valence electrons. The van der Waals surface area contributed by atoms with Crippen LogP contribution in [-0.4, -0.2) is 23.4 Å². The summed E-state index contributed by atoms with van der Waals surface area (Å²) in [7, 11) is 0. The van der Waals surface area contributed by atoms with Crippen molar-refractivity contribution in [1.29, 1.82) is 0 Å². The summed E-state index contributed by atoms with van der Waals surface area (Å²) >= 11 is 0. The second-order valence-electron chi connectivity index (χ2n) is 5.28. The van der Waals surface area contributed by atoms with E-state index in [1.165, 1.54) is 6.92 Å². The van der Waals surface area contributed by atoms with E-state index in [2.05, 4.69) is 21.2 Å². The van der Waals surface area contributed by atoms with Crippen molar-refractivity contribution in [1.82, 2.24) is 0 Å². The van der Waals surface area contributed by atoms with Gasteiger partial charge >= 0.3 is 6.03 Å². The van der Waals surface area contributed by atoms with Crippen molar-refractivity contribution in [3.8, 4) is 0 Å². The summed E-state index contributed by atoms with van der Waals surface area (Å²) in [5.41, 5.74) is 14.8. The molecule has 2 aromatic rings. The number of nitrogens with one attached hydrogen (secondary N) is 3. The Hall–Kier alpha value is -3.88. The van der Waals surface area contributed by atoms with Crippen molar-refractivity contribution < 1.29 is 14.4 Å². The summed E-state index contributed by atoms with van der Waals surface area (Å²) in [5.74, 6) is -1.20. The summed E-state index contributed by atoms with van der Waals surface area (Å²) < 4.78 is 0. The summed E-state index contributed by atoms with van der Waals surface area (Å²) in [5, 5.41) is 8.82. The van der Waals surface area contributed by atoms with Crippen LogP contribution in [0.1, 0.15) is 6.92 Å². The van der Waals surface area contributed by atoms with Gasteiger partial charge in [0.15, 0.2) is 11.5 Å². The first-order valence-corrected chi connectivity index (χ1v) is 7.53. The fourth-order valence-electron chi connectivity index (χ4n) is 2.03. The molecule has 7 N–H and O–H groups in total. The number of hydrogen-bond acceptors (Lipinski definition) is 6. The molecular formula is C17H18N6O3. The number of hydrazone groups is 1. The molecule has 2 aromatic carbocycles. The van der Waals surface area contributed by atoms with Crippen LogP contribution >= 0.6 is 0 Å². The molecule has 0 spiro atoms. The summed E-state index contributed by atoms with van der Waals surface area (Å²) in [4.78, 5) is 34.9. The van der Waals surface area contributed by atoms with Crippen LogP contribution in [0.2, 0.25) is 0 Å². The van der Waals surface area contributed by atoms with Crippen molar-refractivity contribution in [3.05, 3.63) is 48.5 Å². The summed E-state index contributed by atoms with van der Waals surface area (Å²) in [6.07, 6.45) is 0. The quantitative estimate of drug-likeness (QED) is 0.232. The molecule has 0 saturated heterocycles. The molecule has 0 saturated carbocycles. The molecule has 0 atom stereocenters. The number of urea groups is 1. The van der Waals surface area contributed by atoms with E-state index in [0.717, 1.165) is 0 Å². The van der Waals surface area contributed by atoms with E-state index in [1.54, 1.807) is 48.5 Å². The monoisotopic (exact) mass is 354 g/mol. The van der Waals surface area contributed by atoms with Crippen LogP contribution in [0.3, 0.4) is 0 Å². The van der Waals surface area contributed by atoms with E-state index in [4.69, 9.17) is 11.5 Å². The number of nitrogens with two attached hydrogens (primary N) is 2. The first-order valence-electron chi connectivity index (χ1n) is 7.53. The van der Waals surface area contributed by atoms with E-state index in [0.29, 0.717) is 22.7 Å². The van der Waals surface area contributed by atoms with E-state index < -0.39 is 17.7 Å². The van der Waals surface area contributed by atoms with Crippen LogP contribution < -0.4 is 27.5 Å². The molecule has 9 heteroatoms. The van der Waals surface area contributed by atoms with Gasteiger partial charge in [-0.2, -0.15) is 5.10 Å². The maximum Gasteiger partial charge on any atom is 0.316 e. The lowest BCUT2D eigenvalue weighted by atomic mass is 10.2. The van der Waals surface area contributed by atoms with Gasteiger partial charge in [0.2, 0.25) is 0 Å². The predicted octanol–water partition coefficient (Wildman–Crippen LogP) is 1.75. The number of rotatable bonds is 6. The highest BCUT2D eigenvalue weighted by molar-refractivity contribution is 6.67. The topological polar surface area (TPSA) is 152 Å². The Balaban J connectivity index is 2.15. The average molecular weight is 354 g/mol. The first-order chi connectivity index (χ1) is 12.3. The Morgan fingerprint density at radius 3 is 2.15 bits per heavy atom. The molecule has 0 aliphatic carbocycles.